The highest BCUT2D eigenvalue weighted by atomic mass is 15.0. The monoisotopic (exact) mass is 242 g/mol. The number of benzene rings is 1. The Morgan fingerprint density at radius 3 is 2.61 bits per heavy atom. The maximum absolute atomic E-state index is 3.50. The first-order valence-corrected chi connectivity index (χ1v) is 6.61. The Bertz CT molecular complexity index is 497. The molecule has 96 valence electrons. The van der Waals surface area contributed by atoms with E-state index in [-0.39, 0.29) is 0 Å². The van der Waals surface area contributed by atoms with E-state index in [4.69, 9.17) is 0 Å². The maximum atomic E-state index is 3.50. The molecule has 1 heterocycles. The molecule has 0 saturated carbocycles. The van der Waals surface area contributed by atoms with Crippen LogP contribution in [0.1, 0.15) is 25.1 Å². The summed E-state index contributed by atoms with van der Waals surface area (Å²) >= 11 is 0. The molecule has 0 saturated heterocycles. The zero-order chi connectivity index (χ0) is 13.0. The zero-order valence-corrected chi connectivity index (χ0v) is 11.5. The molecular formula is C16H22N2. The van der Waals surface area contributed by atoms with Gasteiger partial charge in [0.2, 0.25) is 0 Å². The van der Waals surface area contributed by atoms with Crippen LogP contribution in [0.25, 0.3) is 5.69 Å². The molecule has 1 N–H and O–H groups in total. The first kappa shape index (κ1) is 12.9. The summed E-state index contributed by atoms with van der Waals surface area (Å²) in [5, 5.41) is 3.50. The van der Waals surface area contributed by atoms with Crippen LogP contribution in [0.3, 0.4) is 0 Å². The lowest BCUT2D eigenvalue weighted by Gasteiger charge is -2.13. The first-order chi connectivity index (χ1) is 8.68. The first-order valence-electron chi connectivity index (χ1n) is 6.61. The molecule has 0 fully saturated rings. The molecule has 1 aromatic heterocycles. The van der Waals surface area contributed by atoms with Crippen LogP contribution in [0.15, 0.2) is 42.6 Å². The van der Waals surface area contributed by atoms with Gasteiger partial charge in [-0.05, 0) is 43.1 Å². The summed E-state index contributed by atoms with van der Waals surface area (Å²) in [5.74, 6) is 0.687. The molecule has 0 bridgehead atoms. The Morgan fingerprint density at radius 1 is 1.11 bits per heavy atom. The van der Waals surface area contributed by atoms with Crippen LogP contribution in [-0.4, -0.2) is 11.1 Å². The molecule has 0 spiro atoms. The average Bonchev–Trinajstić information content (AvgIpc) is 2.77. The molecule has 0 aliphatic rings. The van der Waals surface area contributed by atoms with E-state index >= 15 is 0 Å². The maximum Gasteiger partial charge on any atom is 0.0481 e. The van der Waals surface area contributed by atoms with Gasteiger partial charge in [-0.2, -0.15) is 0 Å². The Labute approximate surface area is 110 Å². The van der Waals surface area contributed by atoms with E-state index in [0.29, 0.717) is 5.92 Å². The molecule has 0 unspecified atom stereocenters. The van der Waals surface area contributed by atoms with Gasteiger partial charge in [0.15, 0.2) is 0 Å². The van der Waals surface area contributed by atoms with Crippen molar-refractivity contribution in [3.8, 4) is 5.69 Å². The van der Waals surface area contributed by atoms with Crippen LogP contribution in [0.2, 0.25) is 0 Å². The predicted molar refractivity (Wildman–Crippen MR) is 77.1 cm³/mol. The van der Waals surface area contributed by atoms with E-state index in [9.17, 15) is 0 Å². The number of nitrogens with zero attached hydrogens (tertiary/aromatic N) is 1. The summed E-state index contributed by atoms with van der Waals surface area (Å²) in [5.41, 5.74) is 3.88. The number of hydrogen-bond acceptors (Lipinski definition) is 1. The molecule has 18 heavy (non-hydrogen) atoms. The van der Waals surface area contributed by atoms with Crippen LogP contribution in [-0.2, 0) is 6.54 Å². The number of hydrogen-bond donors (Lipinski definition) is 1. The molecule has 0 radical (unpaired) electrons. The summed E-state index contributed by atoms with van der Waals surface area (Å²) in [6.45, 7) is 8.58. The van der Waals surface area contributed by atoms with Gasteiger partial charge in [-0.15, -0.1) is 0 Å². The average molecular weight is 242 g/mol. The highest BCUT2D eigenvalue weighted by molar-refractivity contribution is 5.42. The number of para-hydroxylation sites is 1. The number of nitrogens with one attached hydrogen (secondary N) is 1. The highest BCUT2D eigenvalue weighted by Gasteiger charge is 2.05. The Kier molecular flexibility index (Phi) is 4.21. The summed E-state index contributed by atoms with van der Waals surface area (Å²) in [6.07, 6.45) is 2.13. The van der Waals surface area contributed by atoms with Crippen LogP contribution in [0, 0.1) is 12.8 Å². The zero-order valence-electron chi connectivity index (χ0n) is 11.5. The van der Waals surface area contributed by atoms with Crippen molar-refractivity contribution in [3.05, 3.63) is 53.9 Å². The number of rotatable bonds is 5. The lowest BCUT2D eigenvalue weighted by molar-refractivity contribution is 0.545. The summed E-state index contributed by atoms with van der Waals surface area (Å²) < 4.78 is 2.27. The lowest BCUT2D eigenvalue weighted by Crippen LogP contribution is -2.20. The van der Waals surface area contributed by atoms with E-state index in [2.05, 4.69) is 73.3 Å². The van der Waals surface area contributed by atoms with E-state index < -0.39 is 0 Å². The van der Waals surface area contributed by atoms with E-state index in [1.54, 1.807) is 0 Å². The molecule has 1 aromatic carbocycles. The Hall–Kier alpha value is -1.54. The van der Waals surface area contributed by atoms with Crippen molar-refractivity contribution in [2.45, 2.75) is 27.3 Å². The quantitative estimate of drug-likeness (QED) is 0.848. The van der Waals surface area contributed by atoms with Gasteiger partial charge in [-0.3, -0.25) is 0 Å². The van der Waals surface area contributed by atoms with E-state index in [1.165, 1.54) is 16.9 Å². The molecule has 2 nitrogen and oxygen atoms in total. The van der Waals surface area contributed by atoms with Gasteiger partial charge in [0.1, 0.15) is 0 Å². The second kappa shape index (κ2) is 5.87. The van der Waals surface area contributed by atoms with E-state index in [0.717, 1.165) is 13.1 Å². The van der Waals surface area contributed by atoms with Gasteiger partial charge >= 0.3 is 0 Å². The highest BCUT2D eigenvalue weighted by Crippen LogP contribution is 2.16. The minimum atomic E-state index is 0.687. The summed E-state index contributed by atoms with van der Waals surface area (Å²) in [7, 11) is 0. The largest absolute Gasteiger partial charge is 0.319 e. The molecule has 0 atom stereocenters. The second-order valence-electron chi connectivity index (χ2n) is 5.18. The Balaban J connectivity index is 2.15. The van der Waals surface area contributed by atoms with Crippen LogP contribution >= 0.6 is 0 Å². The molecule has 2 rings (SSSR count). The van der Waals surface area contributed by atoms with Crippen molar-refractivity contribution < 1.29 is 0 Å². The molecule has 0 aliphatic heterocycles. The smallest absolute Gasteiger partial charge is 0.0481 e. The fourth-order valence-corrected chi connectivity index (χ4v) is 2.12. The minimum absolute atomic E-state index is 0.687. The van der Waals surface area contributed by atoms with Crippen molar-refractivity contribution in [2.75, 3.05) is 6.54 Å². The minimum Gasteiger partial charge on any atom is -0.319 e. The standard InChI is InChI=1S/C16H22N2/c1-13(2)11-17-12-15-8-6-10-18(15)16-9-5-4-7-14(16)3/h4-10,13,17H,11-12H2,1-3H3. The van der Waals surface area contributed by atoms with Gasteiger partial charge in [-0.1, -0.05) is 32.0 Å². The SMILES string of the molecule is Cc1ccccc1-n1cccc1CNCC(C)C. The van der Waals surface area contributed by atoms with Crippen LogP contribution in [0.4, 0.5) is 0 Å². The predicted octanol–water partition coefficient (Wildman–Crippen LogP) is 3.53. The normalized spacial score (nSPS) is 11.1. The third-order valence-corrected chi connectivity index (χ3v) is 3.07. The molecule has 2 heteroatoms. The van der Waals surface area contributed by atoms with Crippen molar-refractivity contribution in [3.63, 3.8) is 0 Å². The molecule has 2 aromatic rings. The van der Waals surface area contributed by atoms with Crippen molar-refractivity contribution in [2.24, 2.45) is 5.92 Å². The summed E-state index contributed by atoms with van der Waals surface area (Å²) in [4.78, 5) is 0. The molecule has 0 aliphatic carbocycles. The summed E-state index contributed by atoms with van der Waals surface area (Å²) in [6, 6.07) is 12.8. The number of aromatic nitrogens is 1. The van der Waals surface area contributed by atoms with Crippen molar-refractivity contribution in [1.29, 1.82) is 0 Å². The fourth-order valence-electron chi connectivity index (χ4n) is 2.12. The second-order valence-corrected chi connectivity index (χ2v) is 5.18. The fraction of sp³-hybridized carbons (Fsp3) is 0.375. The van der Waals surface area contributed by atoms with Gasteiger partial charge in [-0.25, -0.2) is 0 Å². The van der Waals surface area contributed by atoms with Crippen LogP contribution < -0.4 is 5.32 Å². The van der Waals surface area contributed by atoms with Gasteiger partial charge < -0.3 is 9.88 Å². The van der Waals surface area contributed by atoms with Crippen molar-refractivity contribution >= 4 is 0 Å². The number of aryl methyl sites for hydroxylation is 1. The topological polar surface area (TPSA) is 17.0 Å². The van der Waals surface area contributed by atoms with Gasteiger partial charge in [0, 0.05) is 24.1 Å². The lowest BCUT2D eigenvalue weighted by atomic mass is 10.2. The Morgan fingerprint density at radius 2 is 1.89 bits per heavy atom. The van der Waals surface area contributed by atoms with Crippen molar-refractivity contribution in [1.82, 2.24) is 9.88 Å². The third kappa shape index (κ3) is 3.02. The molecular weight excluding hydrogens is 220 g/mol. The molecule has 0 amide bonds. The van der Waals surface area contributed by atoms with Gasteiger partial charge in [0.05, 0.1) is 0 Å². The van der Waals surface area contributed by atoms with Gasteiger partial charge in [0.25, 0.3) is 0 Å². The van der Waals surface area contributed by atoms with Crippen LogP contribution in [0.5, 0.6) is 0 Å². The third-order valence-electron chi connectivity index (χ3n) is 3.07. The van der Waals surface area contributed by atoms with E-state index in [1.807, 2.05) is 0 Å².